The third kappa shape index (κ3) is 3.18. The van der Waals surface area contributed by atoms with Crippen LogP contribution in [0.3, 0.4) is 0 Å². The van der Waals surface area contributed by atoms with E-state index < -0.39 is 0 Å². The standard InChI is InChI=1S/C18H25N5O/c1-11-6-7-22(10-11)17(24)9-16-14(4)21-23(15(16)5)18-19-12(2)8-13(3)20-18/h8,11H,6-7,9-10H2,1-5H3. The summed E-state index contributed by atoms with van der Waals surface area (Å²) in [5, 5.41) is 4.58. The zero-order valence-electron chi connectivity index (χ0n) is 15.1. The molecule has 1 unspecified atom stereocenters. The Kier molecular flexibility index (Phi) is 4.39. The van der Waals surface area contributed by atoms with Crippen LogP contribution in [0, 0.1) is 33.6 Å². The van der Waals surface area contributed by atoms with Crippen LogP contribution in [0.1, 0.15) is 41.7 Å². The Labute approximate surface area is 142 Å². The Bertz CT molecular complexity index is 760. The molecule has 0 aliphatic carbocycles. The van der Waals surface area contributed by atoms with Crippen molar-refractivity contribution in [2.24, 2.45) is 5.92 Å². The molecule has 6 nitrogen and oxygen atoms in total. The Morgan fingerprint density at radius 3 is 2.46 bits per heavy atom. The molecule has 3 heterocycles. The van der Waals surface area contributed by atoms with Gasteiger partial charge in [-0.1, -0.05) is 6.92 Å². The highest BCUT2D eigenvalue weighted by Gasteiger charge is 2.25. The fraction of sp³-hybridized carbons (Fsp3) is 0.556. The van der Waals surface area contributed by atoms with Gasteiger partial charge in [-0.2, -0.15) is 5.10 Å². The molecule has 1 saturated heterocycles. The Morgan fingerprint density at radius 2 is 1.88 bits per heavy atom. The van der Waals surface area contributed by atoms with E-state index >= 15 is 0 Å². The highest BCUT2D eigenvalue weighted by Crippen LogP contribution is 2.20. The summed E-state index contributed by atoms with van der Waals surface area (Å²) < 4.78 is 1.75. The van der Waals surface area contributed by atoms with E-state index in [4.69, 9.17) is 0 Å². The lowest BCUT2D eigenvalue weighted by molar-refractivity contribution is -0.129. The van der Waals surface area contributed by atoms with E-state index in [0.29, 0.717) is 18.3 Å². The molecule has 6 heteroatoms. The van der Waals surface area contributed by atoms with E-state index in [2.05, 4.69) is 22.0 Å². The summed E-state index contributed by atoms with van der Waals surface area (Å²) in [6, 6.07) is 1.94. The maximum absolute atomic E-state index is 12.6. The molecular formula is C18H25N5O. The van der Waals surface area contributed by atoms with Crippen molar-refractivity contribution in [3.8, 4) is 5.95 Å². The van der Waals surface area contributed by atoms with Crippen LogP contribution in [0.4, 0.5) is 0 Å². The van der Waals surface area contributed by atoms with Gasteiger partial charge in [-0.05, 0) is 46.1 Å². The van der Waals surface area contributed by atoms with Crippen LogP contribution in [0.2, 0.25) is 0 Å². The molecule has 1 fully saturated rings. The SMILES string of the molecule is Cc1cc(C)nc(-n2nc(C)c(CC(=O)N3CCC(C)C3)c2C)n1. The lowest BCUT2D eigenvalue weighted by Gasteiger charge is -2.16. The predicted molar refractivity (Wildman–Crippen MR) is 92.2 cm³/mol. The number of carbonyl (C=O) groups excluding carboxylic acids is 1. The first-order chi connectivity index (χ1) is 11.3. The van der Waals surface area contributed by atoms with Gasteiger partial charge < -0.3 is 4.90 Å². The molecular weight excluding hydrogens is 302 g/mol. The van der Waals surface area contributed by atoms with Crippen molar-refractivity contribution in [3.63, 3.8) is 0 Å². The van der Waals surface area contributed by atoms with Crippen LogP contribution in [-0.4, -0.2) is 43.6 Å². The molecule has 0 radical (unpaired) electrons. The van der Waals surface area contributed by atoms with Gasteiger partial charge in [-0.15, -0.1) is 0 Å². The van der Waals surface area contributed by atoms with Gasteiger partial charge in [0.05, 0.1) is 12.1 Å². The van der Waals surface area contributed by atoms with Crippen LogP contribution in [-0.2, 0) is 11.2 Å². The van der Waals surface area contributed by atoms with Gasteiger partial charge in [-0.3, -0.25) is 4.79 Å². The van der Waals surface area contributed by atoms with E-state index in [9.17, 15) is 4.79 Å². The quantitative estimate of drug-likeness (QED) is 0.868. The number of hydrogen-bond donors (Lipinski definition) is 0. The summed E-state index contributed by atoms with van der Waals surface area (Å²) in [6.45, 7) is 11.8. The minimum Gasteiger partial charge on any atom is -0.342 e. The highest BCUT2D eigenvalue weighted by molar-refractivity contribution is 5.79. The number of hydrogen-bond acceptors (Lipinski definition) is 4. The van der Waals surface area contributed by atoms with Crippen LogP contribution in [0.5, 0.6) is 0 Å². The second kappa shape index (κ2) is 6.34. The lowest BCUT2D eigenvalue weighted by atomic mass is 10.1. The van der Waals surface area contributed by atoms with Gasteiger partial charge in [0.25, 0.3) is 5.95 Å². The Balaban J connectivity index is 1.88. The molecule has 3 rings (SSSR count). The molecule has 0 spiro atoms. The van der Waals surface area contributed by atoms with Crippen molar-refractivity contribution >= 4 is 5.91 Å². The van der Waals surface area contributed by atoms with Gasteiger partial charge in [0.15, 0.2) is 0 Å². The van der Waals surface area contributed by atoms with E-state index in [1.54, 1.807) is 4.68 Å². The zero-order valence-corrected chi connectivity index (χ0v) is 15.1. The fourth-order valence-corrected chi connectivity index (χ4v) is 3.35. The number of carbonyl (C=O) groups is 1. The third-order valence-electron chi connectivity index (χ3n) is 4.71. The minimum absolute atomic E-state index is 0.187. The second-order valence-electron chi connectivity index (χ2n) is 6.92. The first-order valence-electron chi connectivity index (χ1n) is 8.50. The first-order valence-corrected chi connectivity index (χ1v) is 8.50. The number of aryl methyl sites for hydroxylation is 3. The first kappa shape index (κ1) is 16.6. The summed E-state index contributed by atoms with van der Waals surface area (Å²) in [6.07, 6.45) is 1.49. The largest absolute Gasteiger partial charge is 0.342 e. The lowest BCUT2D eigenvalue weighted by Crippen LogP contribution is -2.30. The van der Waals surface area contributed by atoms with Crippen LogP contribution in [0.15, 0.2) is 6.07 Å². The normalized spacial score (nSPS) is 17.5. The summed E-state index contributed by atoms with van der Waals surface area (Å²) in [4.78, 5) is 23.5. The molecule has 0 bridgehead atoms. The summed E-state index contributed by atoms with van der Waals surface area (Å²) in [7, 11) is 0. The van der Waals surface area contributed by atoms with E-state index in [0.717, 1.165) is 47.8 Å². The maximum atomic E-state index is 12.6. The molecule has 0 N–H and O–H groups in total. The highest BCUT2D eigenvalue weighted by atomic mass is 16.2. The van der Waals surface area contributed by atoms with Crippen molar-refractivity contribution in [2.75, 3.05) is 13.1 Å². The number of aromatic nitrogens is 4. The molecule has 1 aliphatic heterocycles. The number of rotatable bonds is 3. The van der Waals surface area contributed by atoms with Crippen molar-refractivity contribution in [2.45, 2.75) is 47.5 Å². The smallest absolute Gasteiger partial charge is 0.251 e. The van der Waals surface area contributed by atoms with E-state index in [1.165, 1.54) is 0 Å². The van der Waals surface area contributed by atoms with Crippen LogP contribution >= 0.6 is 0 Å². The minimum atomic E-state index is 0.187. The second-order valence-corrected chi connectivity index (χ2v) is 6.92. The summed E-state index contributed by atoms with van der Waals surface area (Å²) >= 11 is 0. The molecule has 0 saturated carbocycles. The molecule has 1 aliphatic rings. The van der Waals surface area contributed by atoms with Crippen molar-refractivity contribution in [1.29, 1.82) is 0 Å². The number of nitrogens with zero attached hydrogens (tertiary/aromatic N) is 5. The average Bonchev–Trinajstić information content (AvgIpc) is 3.05. The molecule has 128 valence electrons. The molecule has 0 aromatic carbocycles. The van der Waals surface area contributed by atoms with Gasteiger partial charge >= 0.3 is 0 Å². The molecule has 1 amide bonds. The predicted octanol–water partition coefficient (Wildman–Crippen LogP) is 2.31. The third-order valence-corrected chi connectivity index (χ3v) is 4.71. The van der Waals surface area contributed by atoms with Gasteiger partial charge in [0.1, 0.15) is 0 Å². The Hall–Kier alpha value is -2.24. The molecule has 2 aromatic rings. The molecule has 1 atom stereocenters. The van der Waals surface area contributed by atoms with E-state index in [-0.39, 0.29) is 5.91 Å². The summed E-state index contributed by atoms with van der Waals surface area (Å²) in [5.74, 6) is 1.36. The van der Waals surface area contributed by atoms with E-state index in [1.807, 2.05) is 38.7 Å². The fourth-order valence-electron chi connectivity index (χ4n) is 3.35. The topological polar surface area (TPSA) is 63.9 Å². The van der Waals surface area contributed by atoms with Crippen LogP contribution in [0.25, 0.3) is 5.95 Å². The average molecular weight is 327 g/mol. The van der Waals surface area contributed by atoms with Crippen LogP contribution < -0.4 is 0 Å². The maximum Gasteiger partial charge on any atom is 0.251 e. The zero-order chi connectivity index (χ0) is 17.4. The molecule has 24 heavy (non-hydrogen) atoms. The summed E-state index contributed by atoms with van der Waals surface area (Å²) in [5.41, 5.74) is 4.62. The number of likely N-dealkylation sites (tertiary alicyclic amines) is 1. The van der Waals surface area contributed by atoms with Gasteiger partial charge in [-0.25, -0.2) is 14.6 Å². The van der Waals surface area contributed by atoms with Crippen molar-refractivity contribution < 1.29 is 4.79 Å². The van der Waals surface area contributed by atoms with Gasteiger partial charge in [0.2, 0.25) is 5.91 Å². The van der Waals surface area contributed by atoms with Crippen molar-refractivity contribution in [1.82, 2.24) is 24.6 Å². The number of amides is 1. The molecule has 2 aromatic heterocycles. The monoisotopic (exact) mass is 327 g/mol. The Morgan fingerprint density at radius 1 is 1.21 bits per heavy atom. The van der Waals surface area contributed by atoms with Gasteiger partial charge in [0, 0.05) is 35.7 Å². The van der Waals surface area contributed by atoms with Crippen molar-refractivity contribution in [3.05, 3.63) is 34.4 Å².